The number of aromatic hydroxyl groups is 1. The van der Waals surface area contributed by atoms with Crippen LogP contribution in [-0.2, 0) is 16.6 Å². The Labute approximate surface area is 159 Å². The Bertz CT molecular complexity index is 724. The maximum absolute atomic E-state index is 10.8. The van der Waals surface area contributed by atoms with E-state index in [1.165, 1.54) is 10.5 Å². The SMILES string of the molecule is CC(C)(C)c1cc(CSc2ccccc2Br)c(O)c(C(C)(C)C)c1. The third-order valence-corrected chi connectivity index (χ3v) is 6.16. The van der Waals surface area contributed by atoms with Crippen LogP contribution in [0.4, 0.5) is 0 Å². The van der Waals surface area contributed by atoms with Gasteiger partial charge < -0.3 is 5.11 Å². The molecule has 1 N–H and O–H groups in total. The van der Waals surface area contributed by atoms with E-state index in [4.69, 9.17) is 0 Å². The Morgan fingerprint density at radius 1 is 0.958 bits per heavy atom. The molecule has 0 spiro atoms. The maximum Gasteiger partial charge on any atom is 0.123 e. The lowest BCUT2D eigenvalue weighted by Gasteiger charge is -2.27. The van der Waals surface area contributed by atoms with E-state index in [0.717, 1.165) is 21.4 Å². The van der Waals surface area contributed by atoms with Crippen LogP contribution in [0.5, 0.6) is 5.75 Å². The molecule has 3 heteroatoms. The zero-order valence-corrected chi connectivity index (χ0v) is 17.8. The van der Waals surface area contributed by atoms with Gasteiger partial charge in [-0.15, -0.1) is 11.8 Å². The van der Waals surface area contributed by atoms with Gasteiger partial charge in [-0.2, -0.15) is 0 Å². The molecule has 0 aliphatic heterocycles. The lowest BCUT2D eigenvalue weighted by Crippen LogP contribution is -2.17. The van der Waals surface area contributed by atoms with Crippen LogP contribution in [-0.4, -0.2) is 5.11 Å². The molecule has 0 fully saturated rings. The van der Waals surface area contributed by atoms with Gasteiger partial charge in [0.1, 0.15) is 5.75 Å². The van der Waals surface area contributed by atoms with Crippen molar-refractivity contribution in [2.24, 2.45) is 0 Å². The summed E-state index contributed by atoms with van der Waals surface area (Å²) in [6.45, 7) is 13.1. The van der Waals surface area contributed by atoms with Crippen LogP contribution in [0.25, 0.3) is 0 Å². The predicted molar refractivity (Wildman–Crippen MR) is 109 cm³/mol. The molecular weight excluding hydrogens is 380 g/mol. The van der Waals surface area contributed by atoms with Crippen molar-refractivity contribution in [3.8, 4) is 5.75 Å². The number of hydrogen-bond acceptors (Lipinski definition) is 2. The monoisotopic (exact) mass is 406 g/mol. The Hall–Kier alpha value is -0.930. The molecule has 0 bridgehead atoms. The fourth-order valence-corrected chi connectivity index (χ4v) is 4.07. The molecule has 2 aromatic rings. The summed E-state index contributed by atoms with van der Waals surface area (Å²) >= 11 is 5.34. The molecule has 0 saturated heterocycles. The largest absolute Gasteiger partial charge is 0.507 e. The van der Waals surface area contributed by atoms with Crippen molar-refractivity contribution in [2.45, 2.75) is 63.0 Å². The van der Waals surface area contributed by atoms with Crippen LogP contribution >= 0.6 is 27.7 Å². The number of hydrogen-bond donors (Lipinski definition) is 1. The van der Waals surface area contributed by atoms with Crippen molar-refractivity contribution >= 4 is 27.7 Å². The van der Waals surface area contributed by atoms with Crippen LogP contribution in [0, 0.1) is 0 Å². The maximum atomic E-state index is 10.8. The van der Waals surface area contributed by atoms with Gasteiger partial charge in [-0.05, 0) is 50.0 Å². The topological polar surface area (TPSA) is 20.2 Å². The number of phenols is 1. The van der Waals surface area contributed by atoms with Crippen LogP contribution in [0.2, 0.25) is 0 Å². The fourth-order valence-electron chi connectivity index (χ4n) is 2.53. The molecule has 130 valence electrons. The van der Waals surface area contributed by atoms with Crippen molar-refractivity contribution in [1.29, 1.82) is 0 Å². The second-order valence-electron chi connectivity index (χ2n) is 8.25. The molecule has 0 saturated carbocycles. The van der Waals surface area contributed by atoms with Crippen molar-refractivity contribution in [2.75, 3.05) is 0 Å². The number of halogens is 1. The van der Waals surface area contributed by atoms with Gasteiger partial charge in [-0.25, -0.2) is 0 Å². The molecule has 0 aliphatic rings. The zero-order valence-electron chi connectivity index (χ0n) is 15.4. The molecule has 0 radical (unpaired) electrons. The Kier molecular flexibility index (Phi) is 5.76. The first-order chi connectivity index (χ1) is 11.0. The van der Waals surface area contributed by atoms with Gasteiger partial charge in [0.15, 0.2) is 0 Å². The Morgan fingerprint density at radius 2 is 1.58 bits per heavy atom. The predicted octanol–water partition coefficient (Wildman–Crippen LogP) is 7.04. The van der Waals surface area contributed by atoms with E-state index >= 15 is 0 Å². The van der Waals surface area contributed by atoms with Crippen LogP contribution in [0.15, 0.2) is 45.8 Å². The van der Waals surface area contributed by atoms with E-state index < -0.39 is 0 Å². The summed E-state index contributed by atoms with van der Waals surface area (Å²) in [5.41, 5.74) is 3.28. The van der Waals surface area contributed by atoms with E-state index in [1.54, 1.807) is 11.8 Å². The van der Waals surface area contributed by atoms with Crippen molar-refractivity contribution in [1.82, 2.24) is 0 Å². The van der Waals surface area contributed by atoms with Crippen LogP contribution in [0.1, 0.15) is 58.2 Å². The lowest BCUT2D eigenvalue weighted by atomic mass is 9.79. The average Bonchev–Trinajstić information content (AvgIpc) is 2.45. The van der Waals surface area contributed by atoms with Gasteiger partial charge in [-0.1, -0.05) is 65.8 Å². The minimum atomic E-state index is -0.0852. The molecule has 0 heterocycles. The average molecular weight is 407 g/mol. The van der Waals surface area contributed by atoms with Gasteiger partial charge in [0.05, 0.1) is 0 Å². The van der Waals surface area contributed by atoms with E-state index in [0.29, 0.717) is 5.75 Å². The van der Waals surface area contributed by atoms with E-state index in [1.807, 2.05) is 18.2 Å². The molecule has 2 rings (SSSR count). The number of rotatable bonds is 3. The van der Waals surface area contributed by atoms with Gasteiger partial charge in [0, 0.05) is 20.7 Å². The molecule has 0 aliphatic carbocycles. The summed E-state index contributed by atoms with van der Waals surface area (Å²) in [5.74, 6) is 1.19. The molecule has 0 unspecified atom stereocenters. The summed E-state index contributed by atoms with van der Waals surface area (Å²) in [6, 6.07) is 12.5. The third-order valence-electron chi connectivity index (χ3n) is 4.08. The van der Waals surface area contributed by atoms with Crippen LogP contribution < -0.4 is 0 Å². The summed E-state index contributed by atoms with van der Waals surface area (Å²) in [7, 11) is 0. The minimum absolute atomic E-state index is 0.0560. The second kappa shape index (κ2) is 7.13. The number of phenolic OH excluding ortho intramolecular Hbond substituents is 1. The first kappa shape index (κ1) is 19.4. The normalized spacial score (nSPS) is 12.5. The summed E-state index contributed by atoms with van der Waals surface area (Å²) in [4.78, 5) is 1.19. The fraction of sp³-hybridized carbons (Fsp3) is 0.429. The summed E-state index contributed by atoms with van der Waals surface area (Å²) in [6.07, 6.45) is 0. The molecule has 0 amide bonds. The highest BCUT2D eigenvalue weighted by Gasteiger charge is 2.24. The van der Waals surface area contributed by atoms with Crippen molar-refractivity contribution in [3.05, 3.63) is 57.6 Å². The van der Waals surface area contributed by atoms with Crippen molar-refractivity contribution in [3.63, 3.8) is 0 Å². The first-order valence-corrected chi connectivity index (χ1v) is 10.0. The van der Waals surface area contributed by atoms with E-state index in [9.17, 15) is 5.11 Å². The molecule has 24 heavy (non-hydrogen) atoms. The number of benzene rings is 2. The lowest BCUT2D eigenvalue weighted by molar-refractivity contribution is 0.440. The second-order valence-corrected chi connectivity index (χ2v) is 10.1. The summed E-state index contributed by atoms with van der Waals surface area (Å²) in [5, 5.41) is 10.8. The molecular formula is C21H27BrOS. The molecule has 0 atom stereocenters. The number of thioether (sulfide) groups is 1. The van der Waals surface area contributed by atoms with Crippen LogP contribution in [0.3, 0.4) is 0 Å². The third kappa shape index (κ3) is 4.58. The Morgan fingerprint density at radius 3 is 2.12 bits per heavy atom. The quantitative estimate of drug-likeness (QED) is 0.551. The highest BCUT2D eigenvalue weighted by atomic mass is 79.9. The van der Waals surface area contributed by atoms with Gasteiger partial charge in [-0.3, -0.25) is 0 Å². The highest BCUT2D eigenvalue weighted by molar-refractivity contribution is 9.10. The first-order valence-electron chi connectivity index (χ1n) is 8.24. The zero-order chi connectivity index (χ0) is 18.1. The van der Waals surface area contributed by atoms with Gasteiger partial charge in [0.25, 0.3) is 0 Å². The van der Waals surface area contributed by atoms with Gasteiger partial charge in [0.2, 0.25) is 0 Å². The molecule has 2 aromatic carbocycles. The standard InChI is InChI=1S/C21H27BrOS/c1-20(2,3)15-11-14(19(23)16(12-15)21(4,5)6)13-24-18-10-8-7-9-17(18)22/h7-12,23H,13H2,1-6H3. The minimum Gasteiger partial charge on any atom is -0.507 e. The summed E-state index contributed by atoms with van der Waals surface area (Å²) < 4.78 is 1.09. The van der Waals surface area contributed by atoms with Gasteiger partial charge >= 0.3 is 0 Å². The van der Waals surface area contributed by atoms with E-state index in [2.05, 4.69) is 75.7 Å². The molecule has 0 aromatic heterocycles. The van der Waals surface area contributed by atoms with Crippen molar-refractivity contribution < 1.29 is 5.11 Å². The van der Waals surface area contributed by atoms with E-state index in [-0.39, 0.29) is 10.8 Å². The smallest absolute Gasteiger partial charge is 0.123 e. The highest BCUT2D eigenvalue weighted by Crippen LogP contribution is 2.40. The molecule has 1 nitrogen and oxygen atoms in total. The Balaban J connectivity index is 2.43.